The molecule has 0 amide bonds. The van der Waals surface area contributed by atoms with E-state index in [0.717, 1.165) is 6.07 Å². The molecule has 1 atom stereocenters. The molecule has 1 N–H and O–H groups in total. The van der Waals surface area contributed by atoms with E-state index >= 15 is 0 Å². The summed E-state index contributed by atoms with van der Waals surface area (Å²) in [5, 5.41) is 9.00. The average molecular weight is 299 g/mol. The Hall–Kier alpha value is -1.98. The number of carboxylic acid groups (broad SMARTS) is 1. The predicted molar refractivity (Wildman–Crippen MR) is 73.3 cm³/mol. The van der Waals surface area contributed by atoms with Gasteiger partial charge in [0.15, 0.2) is 0 Å². The second kappa shape index (κ2) is 5.42. The summed E-state index contributed by atoms with van der Waals surface area (Å²) in [6, 6.07) is 5.53. The minimum atomic E-state index is -4.42. The van der Waals surface area contributed by atoms with Crippen molar-refractivity contribution in [1.82, 2.24) is 4.57 Å². The molecule has 6 heteroatoms. The summed E-state index contributed by atoms with van der Waals surface area (Å²) in [6.07, 6.45) is -4.54. The van der Waals surface area contributed by atoms with Gasteiger partial charge >= 0.3 is 12.1 Å². The van der Waals surface area contributed by atoms with E-state index in [1.165, 1.54) is 12.1 Å². The highest BCUT2D eigenvalue weighted by Crippen LogP contribution is 2.37. The Morgan fingerprint density at radius 3 is 2.57 bits per heavy atom. The highest BCUT2D eigenvalue weighted by Gasteiger charge is 2.33. The van der Waals surface area contributed by atoms with Crippen molar-refractivity contribution in [2.24, 2.45) is 0 Å². The molecule has 2 rings (SSSR count). The predicted octanol–water partition coefficient (Wildman–Crippen LogP) is 4.26. The van der Waals surface area contributed by atoms with Crippen LogP contribution in [0, 0.1) is 0 Å². The van der Waals surface area contributed by atoms with Crippen LogP contribution in [0.25, 0.3) is 10.9 Å². The molecule has 2 aromatic rings. The van der Waals surface area contributed by atoms with E-state index in [1.807, 2.05) is 6.92 Å². The van der Waals surface area contributed by atoms with E-state index in [4.69, 9.17) is 5.11 Å². The standard InChI is InChI=1S/C15H16F3NO2/c1-3-19-12-6-4-5-11(15(16,17)18)10(12)8-13(19)9(2)7-14(20)21/h4-6,8-9H,3,7H2,1-2H3,(H,20,21). The molecule has 1 aromatic heterocycles. The molecule has 0 saturated heterocycles. The van der Waals surface area contributed by atoms with Crippen LogP contribution in [0.15, 0.2) is 24.3 Å². The minimum Gasteiger partial charge on any atom is -0.481 e. The Morgan fingerprint density at radius 1 is 1.38 bits per heavy atom. The summed E-state index contributed by atoms with van der Waals surface area (Å²) in [5.41, 5.74) is 0.419. The Kier molecular flexibility index (Phi) is 3.98. The van der Waals surface area contributed by atoms with Crippen molar-refractivity contribution in [2.45, 2.75) is 38.9 Å². The van der Waals surface area contributed by atoms with Crippen molar-refractivity contribution in [3.63, 3.8) is 0 Å². The van der Waals surface area contributed by atoms with Gasteiger partial charge in [-0.25, -0.2) is 0 Å². The van der Waals surface area contributed by atoms with Crippen LogP contribution in [-0.4, -0.2) is 15.6 Å². The summed E-state index contributed by atoms with van der Waals surface area (Å²) < 4.78 is 41.0. The minimum absolute atomic E-state index is 0.113. The van der Waals surface area contributed by atoms with Crippen LogP contribution >= 0.6 is 0 Å². The normalized spacial score (nSPS) is 13.6. The van der Waals surface area contributed by atoms with E-state index in [1.54, 1.807) is 17.6 Å². The Bertz CT molecular complexity index is 673. The molecule has 0 radical (unpaired) electrons. The summed E-state index contributed by atoms with van der Waals surface area (Å²) in [5.74, 6) is -1.32. The van der Waals surface area contributed by atoms with E-state index in [0.29, 0.717) is 17.8 Å². The topological polar surface area (TPSA) is 42.2 Å². The molecule has 1 unspecified atom stereocenters. The van der Waals surface area contributed by atoms with Gasteiger partial charge in [0.05, 0.1) is 12.0 Å². The van der Waals surface area contributed by atoms with Crippen LogP contribution in [0.3, 0.4) is 0 Å². The smallest absolute Gasteiger partial charge is 0.417 e. The molecular formula is C15H16F3NO2. The Labute approximate surface area is 120 Å². The SMILES string of the molecule is CCn1c(C(C)CC(=O)O)cc2c(C(F)(F)F)cccc21. The molecule has 3 nitrogen and oxygen atoms in total. The number of aliphatic carboxylic acids is 1. The maximum atomic E-state index is 13.1. The number of rotatable bonds is 4. The van der Waals surface area contributed by atoms with E-state index in [2.05, 4.69) is 0 Å². The third-order valence-electron chi connectivity index (χ3n) is 3.59. The van der Waals surface area contributed by atoms with Gasteiger partial charge in [-0.15, -0.1) is 0 Å². The van der Waals surface area contributed by atoms with Crippen LogP contribution in [0.2, 0.25) is 0 Å². The number of hydrogen-bond acceptors (Lipinski definition) is 1. The fourth-order valence-corrected chi connectivity index (χ4v) is 2.68. The molecule has 0 saturated carbocycles. The molecule has 0 bridgehead atoms. The fourth-order valence-electron chi connectivity index (χ4n) is 2.68. The maximum absolute atomic E-state index is 13.1. The number of nitrogens with zero attached hydrogens (tertiary/aromatic N) is 1. The lowest BCUT2D eigenvalue weighted by Crippen LogP contribution is -2.08. The first-order valence-corrected chi connectivity index (χ1v) is 6.66. The van der Waals surface area contributed by atoms with Crippen molar-refractivity contribution in [2.75, 3.05) is 0 Å². The third-order valence-corrected chi connectivity index (χ3v) is 3.59. The molecule has 0 aliphatic carbocycles. The summed E-state index contributed by atoms with van der Waals surface area (Å²) >= 11 is 0. The molecule has 0 aliphatic rings. The maximum Gasteiger partial charge on any atom is 0.417 e. The molecule has 1 heterocycles. The van der Waals surface area contributed by atoms with Gasteiger partial charge in [0.25, 0.3) is 0 Å². The number of benzene rings is 1. The molecular weight excluding hydrogens is 283 g/mol. The van der Waals surface area contributed by atoms with E-state index in [9.17, 15) is 18.0 Å². The first kappa shape index (κ1) is 15.4. The molecule has 1 aromatic carbocycles. The van der Waals surface area contributed by atoms with Crippen LogP contribution in [0.1, 0.15) is 37.4 Å². The molecule has 0 aliphatic heterocycles. The monoisotopic (exact) mass is 299 g/mol. The number of carbonyl (C=O) groups is 1. The number of fused-ring (bicyclic) bond motifs is 1. The lowest BCUT2D eigenvalue weighted by atomic mass is 10.0. The van der Waals surface area contributed by atoms with Crippen LogP contribution < -0.4 is 0 Å². The lowest BCUT2D eigenvalue weighted by Gasteiger charge is -2.13. The van der Waals surface area contributed by atoms with Crippen LogP contribution in [-0.2, 0) is 17.5 Å². The first-order valence-electron chi connectivity index (χ1n) is 6.66. The van der Waals surface area contributed by atoms with Crippen molar-refractivity contribution in [1.29, 1.82) is 0 Å². The van der Waals surface area contributed by atoms with Gasteiger partial charge in [-0.2, -0.15) is 13.2 Å². The van der Waals surface area contributed by atoms with Gasteiger partial charge in [-0.3, -0.25) is 4.79 Å². The molecule has 21 heavy (non-hydrogen) atoms. The van der Waals surface area contributed by atoms with Crippen molar-refractivity contribution in [3.05, 3.63) is 35.5 Å². The summed E-state index contributed by atoms with van der Waals surface area (Å²) in [4.78, 5) is 10.8. The van der Waals surface area contributed by atoms with Crippen molar-refractivity contribution in [3.8, 4) is 0 Å². The largest absolute Gasteiger partial charge is 0.481 e. The quantitative estimate of drug-likeness (QED) is 0.916. The third kappa shape index (κ3) is 2.89. The molecule has 0 fully saturated rings. The molecule has 0 spiro atoms. The second-order valence-electron chi connectivity index (χ2n) is 5.05. The highest BCUT2D eigenvalue weighted by atomic mass is 19.4. The van der Waals surface area contributed by atoms with Gasteiger partial charge in [-0.1, -0.05) is 13.0 Å². The molecule has 114 valence electrons. The zero-order chi connectivity index (χ0) is 15.8. The number of aryl methyl sites for hydroxylation is 1. The zero-order valence-electron chi connectivity index (χ0n) is 11.7. The van der Waals surface area contributed by atoms with Crippen molar-refractivity contribution >= 4 is 16.9 Å². The van der Waals surface area contributed by atoms with Gasteiger partial charge in [0.2, 0.25) is 0 Å². The number of carboxylic acids is 1. The van der Waals surface area contributed by atoms with E-state index < -0.39 is 17.7 Å². The number of alkyl halides is 3. The van der Waals surface area contributed by atoms with Crippen molar-refractivity contribution < 1.29 is 23.1 Å². The van der Waals surface area contributed by atoms with Gasteiger partial charge in [-0.05, 0) is 25.1 Å². The Morgan fingerprint density at radius 2 is 2.05 bits per heavy atom. The average Bonchev–Trinajstić information content (AvgIpc) is 2.74. The van der Waals surface area contributed by atoms with Gasteiger partial charge < -0.3 is 9.67 Å². The van der Waals surface area contributed by atoms with Crippen LogP contribution in [0.4, 0.5) is 13.2 Å². The van der Waals surface area contributed by atoms with E-state index in [-0.39, 0.29) is 17.7 Å². The highest BCUT2D eigenvalue weighted by molar-refractivity contribution is 5.85. The lowest BCUT2D eigenvalue weighted by molar-refractivity contribution is -0.138. The first-order chi connectivity index (χ1) is 9.75. The van der Waals surface area contributed by atoms with Gasteiger partial charge in [0.1, 0.15) is 0 Å². The number of aromatic nitrogens is 1. The number of hydrogen-bond donors (Lipinski definition) is 1. The summed E-state index contributed by atoms with van der Waals surface area (Å²) in [7, 11) is 0. The fraction of sp³-hybridized carbons (Fsp3) is 0.400. The Balaban J connectivity index is 2.66. The zero-order valence-corrected chi connectivity index (χ0v) is 11.7. The van der Waals surface area contributed by atoms with Gasteiger partial charge in [0, 0.05) is 29.1 Å². The van der Waals surface area contributed by atoms with Crippen LogP contribution in [0.5, 0.6) is 0 Å². The number of halogens is 3. The second-order valence-corrected chi connectivity index (χ2v) is 5.05. The summed E-state index contributed by atoms with van der Waals surface area (Å²) in [6.45, 7) is 4.03.